The Balaban J connectivity index is 1.96. The van der Waals surface area contributed by atoms with Crippen LogP contribution in [0.4, 0.5) is 0 Å². The van der Waals surface area contributed by atoms with Crippen molar-refractivity contribution in [1.29, 1.82) is 0 Å². The van der Waals surface area contributed by atoms with Gasteiger partial charge in [-0.3, -0.25) is 4.79 Å². The molecule has 0 radical (unpaired) electrons. The fourth-order valence-corrected chi connectivity index (χ4v) is 1.56. The first kappa shape index (κ1) is 8.44. The molecule has 4 nitrogen and oxygen atoms in total. The average molecular weight is 180 g/mol. The molecular formula is C9H12N2O2. The van der Waals surface area contributed by atoms with Gasteiger partial charge >= 0.3 is 0 Å². The Morgan fingerprint density at radius 1 is 1.77 bits per heavy atom. The van der Waals surface area contributed by atoms with Gasteiger partial charge in [-0.1, -0.05) is 0 Å². The van der Waals surface area contributed by atoms with Crippen molar-refractivity contribution >= 4 is 6.29 Å². The van der Waals surface area contributed by atoms with E-state index < -0.39 is 0 Å². The molecule has 1 atom stereocenters. The molecule has 0 bridgehead atoms. The lowest BCUT2D eigenvalue weighted by molar-refractivity contribution is 0.109. The normalized spacial score (nSPS) is 22.0. The lowest BCUT2D eigenvalue weighted by Gasteiger charge is -2.05. The highest BCUT2D eigenvalue weighted by Crippen LogP contribution is 2.15. The molecule has 2 rings (SSSR count). The lowest BCUT2D eigenvalue weighted by atomic mass is 10.2. The summed E-state index contributed by atoms with van der Waals surface area (Å²) < 4.78 is 5.45. The number of aromatic nitrogens is 2. The number of rotatable bonds is 3. The fraction of sp³-hybridized carbons (Fsp3) is 0.556. The van der Waals surface area contributed by atoms with Gasteiger partial charge < -0.3 is 9.72 Å². The zero-order chi connectivity index (χ0) is 9.10. The second-order valence-corrected chi connectivity index (χ2v) is 3.24. The van der Waals surface area contributed by atoms with E-state index in [2.05, 4.69) is 9.97 Å². The van der Waals surface area contributed by atoms with Gasteiger partial charge in [0.15, 0.2) is 6.29 Å². The van der Waals surface area contributed by atoms with E-state index in [-0.39, 0.29) is 6.10 Å². The van der Waals surface area contributed by atoms with Gasteiger partial charge in [0.1, 0.15) is 5.82 Å². The minimum absolute atomic E-state index is 0.283. The van der Waals surface area contributed by atoms with Crippen LogP contribution in [0, 0.1) is 0 Å². The van der Waals surface area contributed by atoms with Crippen LogP contribution in [0.15, 0.2) is 6.20 Å². The predicted molar refractivity (Wildman–Crippen MR) is 46.7 cm³/mol. The van der Waals surface area contributed by atoms with E-state index in [1.54, 1.807) is 6.20 Å². The summed E-state index contributed by atoms with van der Waals surface area (Å²) in [6.45, 7) is 0.853. The molecule has 0 aliphatic carbocycles. The summed E-state index contributed by atoms with van der Waals surface area (Å²) in [5.41, 5.74) is 0.535. The van der Waals surface area contributed by atoms with Crippen molar-refractivity contribution in [2.45, 2.75) is 25.4 Å². The number of ether oxygens (including phenoxy) is 1. The Bertz CT molecular complexity index is 290. The Morgan fingerprint density at radius 3 is 3.31 bits per heavy atom. The maximum absolute atomic E-state index is 10.4. The van der Waals surface area contributed by atoms with Gasteiger partial charge in [0.05, 0.1) is 18.0 Å². The first-order valence-electron chi connectivity index (χ1n) is 4.49. The highest BCUT2D eigenvalue weighted by atomic mass is 16.5. The molecule has 1 aliphatic rings. The number of H-pyrrole nitrogens is 1. The molecule has 0 spiro atoms. The van der Waals surface area contributed by atoms with Crippen LogP contribution in [-0.2, 0) is 11.2 Å². The van der Waals surface area contributed by atoms with E-state index in [1.165, 1.54) is 0 Å². The molecule has 13 heavy (non-hydrogen) atoms. The van der Waals surface area contributed by atoms with Gasteiger partial charge in [-0.05, 0) is 12.8 Å². The molecule has 1 aromatic rings. The molecule has 70 valence electrons. The molecule has 4 heteroatoms. The third kappa shape index (κ3) is 1.95. The van der Waals surface area contributed by atoms with Gasteiger partial charge in [-0.25, -0.2) is 4.98 Å². The van der Waals surface area contributed by atoms with E-state index in [0.717, 1.165) is 38.0 Å². The number of carbonyl (C=O) groups is 1. The minimum atomic E-state index is 0.283. The first-order chi connectivity index (χ1) is 6.38. The maximum Gasteiger partial charge on any atom is 0.167 e. The number of nitrogens with zero attached hydrogens (tertiary/aromatic N) is 1. The lowest BCUT2D eigenvalue weighted by Crippen LogP contribution is -2.09. The number of aromatic amines is 1. The molecule has 1 unspecified atom stereocenters. The van der Waals surface area contributed by atoms with Crippen molar-refractivity contribution < 1.29 is 9.53 Å². The molecule has 0 aromatic carbocycles. The first-order valence-corrected chi connectivity index (χ1v) is 4.49. The van der Waals surface area contributed by atoms with Crippen molar-refractivity contribution in [2.75, 3.05) is 6.61 Å². The molecule has 0 saturated carbocycles. The van der Waals surface area contributed by atoms with Crippen molar-refractivity contribution in [3.63, 3.8) is 0 Å². The predicted octanol–water partition coefficient (Wildman–Crippen LogP) is 0.944. The minimum Gasteiger partial charge on any atom is -0.378 e. The molecule has 1 N–H and O–H groups in total. The highest BCUT2D eigenvalue weighted by molar-refractivity contribution is 5.71. The SMILES string of the molecule is O=Cc1cnc(CC2CCCO2)[nH]1. The summed E-state index contributed by atoms with van der Waals surface area (Å²) in [5, 5.41) is 0. The summed E-state index contributed by atoms with van der Waals surface area (Å²) in [7, 11) is 0. The summed E-state index contributed by atoms with van der Waals surface area (Å²) in [6.07, 6.45) is 5.62. The highest BCUT2D eigenvalue weighted by Gasteiger charge is 2.17. The number of hydrogen-bond donors (Lipinski definition) is 1. The van der Waals surface area contributed by atoms with Gasteiger partial charge in [0.25, 0.3) is 0 Å². The number of hydrogen-bond acceptors (Lipinski definition) is 3. The second kappa shape index (κ2) is 3.70. The fourth-order valence-electron chi connectivity index (χ4n) is 1.56. The maximum atomic E-state index is 10.4. The molecule has 1 fully saturated rings. The quantitative estimate of drug-likeness (QED) is 0.704. The third-order valence-corrected chi connectivity index (χ3v) is 2.22. The molecule has 1 aromatic heterocycles. The monoisotopic (exact) mass is 180 g/mol. The van der Waals surface area contributed by atoms with E-state index in [4.69, 9.17) is 4.74 Å². The molecule has 2 heterocycles. The molecule has 1 saturated heterocycles. The number of nitrogens with one attached hydrogen (secondary N) is 1. The summed E-state index contributed by atoms with van der Waals surface area (Å²) in [5.74, 6) is 0.842. The van der Waals surface area contributed by atoms with Crippen LogP contribution in [0.2, 0.25) is 0 Å². The van der Waals surface area contributed by atoms with Crippen molar-refractivity contribution in [3.05, 3.63) is 17.7 Å². The number of imidazole rings is 1. The summed E-state index contributed by atoms with van der Waals surface area (Å²) >= 11 is 0. The number of aldehydes is 1. The van der Waals surface area contributed by atoms with Crippen LogP contribution in [-0.4, -0.2) is 29.0 Å². The third-order valence-electron chi connectivity index (χ3n) is 2.22. The van der Waals surface area contributed by atoms with Crippen LogP contribution in [0.1, 0.15) is 29.2 Å². The molecule has 0 amide bonds. The van der Waals surface area contributed by atoms with Crippen LogP contribution < -0.4 is 0 Å². The Labute approximate surface area is 76.3 Å². The number of carbonyl (C=O) groups excluding carboxylic acids is 1. The van der Waals surface area contributed by atoms with Crippen molar-refractivity contribution in [3.8, 4) is 0 Å². The van der Waals surface area contributed by atoms with Crippen molar-refractivity contribution in [1.82, 2.24) is 9.97 Å². The van der Waals surface area contributed by atoms with Gasteiger partial charge in [0, 0.05) is 13.0 Å². The van der Waals surface area contributed by atoms with Gasteiger partial charge in [-0.15, -0.1) is 0 Å². The Morgan fingerprint density at radius 2 is 2.69 bits per heavy atom. The molecular weight excluding hydrogens is 168 g/mol. The van der Waals surface area contributed by atoms with Crippen LogP contribution in [0.25, 0.3) is 0 Å². The second-order valence-electron chi connectivity index (χ2n) is 3.24. The zero-order valence-corrected chi connectivity index (χ0v) is 7.32. The smallest absolute Gasteiger partial charge is 0.167 e. The zero-order valence-electron chi connectivity index (χ0n) is 7.32. The Hall–Kier alpha value is -1.16. The van der Waals surface area contributed by atoms with Crippen molar-refractivity contribution in [2.24, 2.45) is 0 Å². The molecule has 1 aliphatic heterocycles. The topological polar surface area (TPSA) is 55.0 Å². The largest absolute Gasteiger partial charge is 0.378 e. The van der Waals surface area contributed by atoms with Crippen LogP contribution in [0.3, 0.4) is 0 Å². The van der Waals surface area contributed by atoms with Gasteiger partial charge in [0.2, 0.25) is 0 Å². The summed E-state index contributed by atoms with van der Waals surface area (Å²) in [4.78, 5) is 17.4. The average Bonchev–Trinajstić information content (AvgIpc) is 2.76. The Kier molecular flexibility index (Phi) is 2.40. The summed E-state index contributed by atoms with van der Waals surface area (Å²) in [6, 6.07) is 0. The van der Waals surface area contributed by atoms with E-state index in [0.29, 0.717) is 5.69 Å². The van der Waals surface area contributed by atoms with E-state index in [9.17, 15) is 4.79 Å². The van der Waals surface area contributed by atoms with Crippen LogP contribution in [0.5, 0.6) is 0 Å². The van der Waals surface area contributed by atoms with Gasteiger partial charge in [-0.2, -0.15) is 0 Å². The van der Waals surface area contributed by atoms with E-state index >= 15 is 0 Å². The standard InChI is InChI=1S/C9H12N2O2/c12-6-7-5-10-9(11-7)4-8-2-1-3-13-8/h5-6,8H,1-4H2,(H,10,11). The van der Waals surface area contributed by atoms with E-state index in [1.807, 2.05) is 0 Å². The van der Waals surface area contributed by atoms with Crippen LogP contribution >= 0.6 is 0 Å².